The zero-order chi connectivity index (χ0) is 48.1. The molecule has 1 aromatic heterocycles. The van der Waals surface area contributed by atoms with Crippen LogP contribution in [0.1, 0.15) is 161 Å². The summed E-state index contributed by atoms with van der Waals surface area (Å²) in [5, 5.41) is 5.31. The van der Waals surface area contributed by atoms with Crippen molar-refractivity contribution in [3.63, 3.8) is 0 Å². The summed E-state index contributed by atoms with van der Waals surface area (Å²) in [7, 11) is 0. The minimum absolute atomic E-state index is 0.0546. The van der Waals surface area contributed by atoms with Gasteiger partial charge in [-0.25, -0.2) is 0 Å². The van der Waals surface area contributed by atoms with E-state index in [1.165, 1.54) is 159 Å². The Bertz CT molecular complexity index is 3560. The lowest BCUT2D eigenvalue weighted by Gasteiger charge is -2.49. The second-order valence-electron chi connectivity index (χ2n) is 26.1. The van der Waals surface area contributed by atoms with Gasteiger partial charge in [0.15, 0.2) is 0 Å². The fraction of sp³-hybridized carbons (Fsp3) is 0.385. The van der Waals surface area contributed by atoms with Crippen LogP contribution in [-0.4, -0.2) is 6.85 Å². The van der Waals surface area contributed by atoms with Crippen molar-refractivity contribution in [2.75, 3.05) is 9.71 Å². The van der Waals surface area contributed by atoms with Crippen LogP contribution < -0.4 is 20.6 Å². The molecule has 2 nitrogen and oxygen atoms in total. The van der Waals surface area contributed by atoms with Crippen molar-refractivity contribution in [2.45, 2.75) is 161 Å². The minimum Gasteiger partial charge on any atom is -0.376 e. The summed E-state index contributed by atoms with van der Waals surface area (Å²) in [6.07, 6.45) is 7.12. The summed E-state index contributed by atoms with van der Waals surface area (Å²) < 4.78 is 2.72. The molecule has 69 heavy (non-hydrogen) atoms. The normalized spacial score (nSPS) is 20.5. The smallest absolute Gasteiger partial charge is 0.333 e. The van der Waals surface area contributed by atoms with Gasteiger partial charge in [0, 0.05) is 43.5 Å². The first kappa shape index (κ1) is 43.7. The second kappa shape index (κ2) is 14.0. The van der Waals surface area contributed by atoms with E-state index in [0.717, 1.165) is 0 Å². The van der Waals surface area contributed by atoms with Gasteiger partial charge in [0.05, 0.1) is 16.1 Å². The maximum absolute atomic E-state index is 2.84. The molecule has 0 saturated carbocycles. The summed E-state index contributed by atoms with van der Waals surface area (Å²) in [6.45, 7) is 32.2. The van der Waals surface area contributed by atoms with E-state index in [-0.39, 0.29) is 39.3 Å². The van der Waals surface area contributed by atoms with Gasteiger partial charge >= 0.3 is 6.85 Å². The molecule has 348 valence electrons. The van der Waals surface area contributed by atoms with Crippen LogP contribution in [0.15, 0.2) is 109 Å². The third kappa shape index (κ3) is 6.03. The van der Waals surface area contributed by atoms with Gasteiger partial charge in [-0.2, -0.15) is 0 Å². The topological polar surface area (TPSA) is 6.48 Å². The minimum atomic E-state index is -0.0724. The maximum atomic E-state index is 2.84. The fourth-order valence-electron chi connectivity index (χ4n) is 14.2. The van der Waals surface area contributed by atoms with Gasteiger partial charge in [-0.3, -0.25) is 0 Å². The molecule has 5 aliphatic rings. The highest BCUT2D eigenvalue weighted by Gasteiger charge is 2.50. The summed E-state index contributed by atoms with van der Waals surface area (Å²) in [5.74, 6) is 0. The molecule has 0 saturated heterocycles. The average Bonchev–Trinajstić information content (AvgIpc) is 3.70. The Kier molecular flexibility index (Phi) is 8.84. The second-order valence-corrected chi connectivity index (χ2v) is 27.2. The van der Waals surface area contributed by atoms with Crippen molar-refractivity contribution in [2.24, 2.45) is 0 Å². The van der Waals surface area contributed by atoms with E-state index in [1.54, 1.807) is 0 Å². The van der Waals surface area contributed by atoms with E-state index in [4.69, 9.17) is 0 Å². The maximum Gasteiger partial charge on any atom is 0.333 e. The third-order valence-electron chi connectivity index (χ3n) is 18.9. The van der Waals surface area contributed by atoms with Gasteiger partial charge < -0.3 is 9.71 Å². The number of aryl methyl sites for hydroxylation is 1. The lowest BCUT2D eigenvalue weighted by atomic mass is 9.43. The first-order valence-electron chi connectivity index (χ1n) is 26.2. The van der Waals surface area contributed by atoms with Crippen LogP contribution in [0.2, 0.25) is 0 Å². The lowest BCUT2D eigenvalue weighted by molar-refractivity contribution is 0.332. The zero-order valence-corrected chi connectivity index (χ0v) is 44.3. The highest BCUT2D eigenvalue weighted by Crippen LogP contribution is 2.58. The number of nitrogens with zero attached hydrogens (tertiary/aromatic N) is 2. The number of rotatable bonds is 2. The Labute approximate surface area is 416 Å². The molecule has 8 aromatic rings. The first-order chi connectivity index (χ1) is 32.6. The summed E-state index contributed by atoms with van der Waals surface area (Å²) in [4.78, 5) is 5.64. The van der Waals surface area contributed by atoms with Crippen molar-refractivity contribution in [1.82, 2.24) is 0 Å². The number of benzene rings is 7. The molecule has 4 heteroatoms. The van der Waals surface area contributed by atoms with Gasteiger partial charge in [0.25, 0.3) is 0 Å². The van der Waals surface area contributed by atoms with Crippen LogP contribution in [0, 0.1) is 6.92 Å². The average molecular weight is 921 g/mol. The van der Waals surface area contributed by atoms with Crippen molar-refractivity contribution < 1.29 is 0 Å². The molecule has 7 aromatic carbocycles. The Balaban J connectivity index is 1.22. The van der Waals surface area contributed by atoms with E-state index in [2.05, 4.69) is 209 Å². The molecule has 0 unspecified atom stereocenters. The van der Waals surface area contributed by atoms with Crippen molar-refractivity contribution in [3.8, 4) is 11.1 Å². The zero-order valence-electron chi connectivity index (χ0n) is 43.5. The molecule has 0 amide bonds. The van der Waals surface area contributed by atoms with Crippen LogP contribution in [0.25, 0.3) is 42.1 Å². The highest BCUT2D eigenvalue weighted by molar-refractivity contribution is 7.26. The van der Waals surface area contributed by atoms with E-state index < -0.39 is 0 Å². The number of fused-ring (bicyclic) bond motifs is 13. The molecule has 0 bridgehead atoms. The van der Waals surface area contributed by atoms with Crippen molar-refractivity contribution >= 4 is 88.5 Å². The van der Waals surface area contributed by atoms with Gasteiger partial charge in [-0.15, -0.1) is 11.3 Å². The predicted octanol–water partition coefficient (Wildman–Crippen LogP) is 17.3. The molecule has 0 radical (unpaired) electrons. The highest BCUT2D eigenvalue weighted by atomic mass is 32.1. The molecular weight excluding hydrogens is 852 g/mol. The van der Waals surface area contributed by atoms with Gasteiger partial charge in [-0.05, 0) is 181 Å². The van der Waals surface area contributed by atoms with Gasteiger partial charge in [0.1, 0.15) is 0 Å². The third-order valence-corrected chi connectivity index (χ3v) is 20.1. The van der Waals surface area contributed by atoms with Crippen LogP contribution >= 0.6 is 11.3 Å². The SMILES string of the molecule is Cc1cc2c(cc1N1c3c4c(cc5ccccc35)-c3cc5c(cc3N(c3ccc6c(c3)C(C)(C)CCC6(C)C)B4c3ccc4c(sc6ccccc64)c31)C(C)(C)CCC5(C)C)C(C)(C)CCC2(C)C. The molecule has 0 atom stereocenters. The number of anilines is 5. The molecule has 0 spiro atoms. The molecule has 0 N–H and O–H groups in total. The Hall–Kier alpha value is -5.32. The first-order valence-corrected chi connectivity index (χ1v) is 27.0. The van der Waals surface area contributed by atoms with Crippen LogP contribution in [0.3, 0.4) is 0 Å². The Morgan fingerprint density at radius 1 is 0.449 bits per heavy atom. The molecular formula is C65H69BN2S. The number of hydrogen-bond donors (Lipinski definition) is 0. The fourth-order valence-corrected chi connectivity index (χ4v) is 15.5. The molecule has 0 fully saturated rings. The largest absolute Gasteiger partial charge is 0.376 e. The van der Waals surface area contributed by atoms with Crippen LogP contribution in [-0.2, 0) is 32.5 Å². The molecule has 2 aliphatic heterocycles. The van der Waals surface area contributed by atoms with Gasteiger partial charge in [0.2, 0.25) is 0 Å². The standard InChI is InChI=1S/C65H69BN2S/c1-38-32-47-50(64(10,11)30-28-61(47,4)5)36-53(38)67-57-41-19-15-14-18-39(41)33-45-44-35-49-51(65(12,13)31-29-63(49,8)9)37-54(44)68(40-22-24-46-48(34-40)62(6,7)27-26-60(46,2)3)66(56(45)57)52-25-23-43-42-20-16-17-21-55(42)69-59(43)58(52)67/h14-25,32-37H,26-31H2,1-13H3. The van der Waals surface area contributed by atoms with Crippen LogP contribution in [0.4, 0.5) is 28.4 Å². The van der Waals surface area contributed by atoms with E-state index >= 15 is 0 Å². The van der Waals surface area contributed by atoms with E-state index in [9.17, 15) is 0 Å². The van der Waals surface area contributed by atoms with Crippen molar-refractivity contribution in [3.05, 3.63) is 148 Å². The quantitative estimate of drug-likeness (QED) is 0.159. The molecule has 13 rings (SSSR count). The molecule has 3 heterocycles. The van der Waals surface area contributed by atoms with Crippen LogP contribution in [0.5, 0.6) is 0 Å². The summed E-state index contributed by atoms with van der Waals surface area (Å²) in [6, 6.07) is 44.3. The summed E-state index contributed by atoms with van der Waals surface area (Å²) >= 11 is 1.98. The van der Waals surface area contributed by atoms with Crippen molar-refractivity contribution in [1.29, 1.82) is 0 Å². The number of thiophene rings is 1. The molecule has 3 aliphatic carbocycles. The lowest BCUT2D eigenvalue weighted by Crippen LogP contribution is -2.62. The monoisotopic (exact) mass is 921 g/mol. The Morgan fingerprint density at radius 3 is 1.64 bits per heavy atom. The van der Waals surface area contributed by atoms with E-state index in [0.29, 0.717) is 0 Å². The van der Waals surface area contributed by atoms with E-state index in [1.807, 2.05) is 11.3 Å². The number of hydrogen-bond acceptors (Lipinski definition) is 3. The van der Waals surface area contributed by atoms with Gasteiger partial charge in [-0.1, -0.05) is 150 Å². The Morgan fingerprint density at radius 2 is 0.986 bits per heavy atom. The predicted molar refractivity (Wildman–Crippen MR) is 301 cm³/mol. The summed E-state index contributed by atoms with van der Waals surface area (Å²) in [5.41, 5.74) is 23.1.